The number of nitrogens with zero attached hydrogens (tertiary/aromatic N) is 2. The molecule has 4 aromatic carbocycles. The number of hydrogen-bond acceptors (Lipinski definition) is 3. The lowest BCUT2D eigenvalue weighted by molar-refractivity contribution is 0.300. The average Bonchev–Trinajstić information content (AvgIpc) is 2.81. The Hall–Kier alpha value is -3.63. The number of ether oxygens (including phenoxy) is 1. The van der Waals surface area contributed by atoms with Gasteiger partial charge in [0, 0.05) is 16.0 Å². The maximum Gasteiger partial charge on any atom is 0.261 e. The van der Waals surface area contributed by atoms with Gasteiger partial charge in [0.2, 0.25) is 0 Å². The van der Waals surface area contributed by atoms with E-state index in [1.54, 1.807) is 22.8 Å². The summed E-state index contributed by atoms with van der Waals surface area (Å²) < 4.78 is 7.77. The summed E-state index contributed by atoms with van der Waals surface area (Å²) in [5, 5.41) is 3.39. The molecule has 1 aromatic heterocycles. The SMILES string of the molecule is O=c1c2ccccc2nc(-c2ccc(Cl)cc2)n1CCOc1cccc2ccccc12. The minimum atomic E-state index is -0.0860. The van der Waals surface area contributed by atoms with Gasteiger partial charge in [-0.05, 0) is 47.9 Å². The number of rotatable bonds is 5. The molecule has 0 spiro atoms. The van der Waals surface area contributed by atoms with Crippen molar-refractivity contribution in [3.8, 4) is 17.1 Å². The van der Waals surface area contributed by atoms with Crippen LogP contribution < -0.4 is 10.3 Å². The summed E-state index contributed by atoms with van der Waals surface area (Å²) in [5.74, 6) is 1.40. The Morgan fingerprint density at radius 3 is 2.35 bits per heavy atom. The zero-order valence-electron chi connectivity index (χ0n) is 16.7. The molecule has 0 bridgehead atoms. The monoisotopic (exact) mass is 426 g/mol. The lowest BCUT2D eigenvalue weighted by Gasteiger charge is -2.15. The van der Waals surface area contributed by atoms with Crippen LogP contribution in [-0.2, 0) is 6.54 Å². The predicted octanol–water partition coefficient (Wildman–Crippen LogP) is 5.95. The maximum absolute atomic E-state index is 13.3. The molecule has 0 aliphatic heterocycles. The molecule has 0 aliphatic carbocycles. The number of halogens is 1. The van der Waals surface area contributed by atoms with Crippen LogP contribution in [0.2, 0.25) is 5.02 Å². The zero-order chi connectivity index (χ0) is 21.2. The summed E-state index contributed by atoms with van der Waals surface area (Å²) in [5.41, 5.74) is 1.41. The van der Waals surface area contributed by atoms with Crippen molar-refractivity contribution in [1.82, 2.24) is 9.55 Å². The quantitative estimate of drug-likeness (QED) is 0.349. The van der Waals surface area contributed by atoms with Gasteiger partial charge in [-0.2, -0.15) is 0 Å². The van der Waals surface area contributed by atoms with Crippen molar-refractivity contribution in [2.75, 3.05) is 6.61 Å². The molecule has 0 aliphatic rings. The lowest BCUT2D eigenvalue weighted by atomic mass is 10.1. The van der Waals surface area contributed by atoms with Gasteiger partial charge >= 0.3 is 0 Å². The van der Waals surface area contributed by atoms with Crippen LogP contribution in [0.4, 0.5) is 0 Å². The molecule has 0 saturated carbocycles. The molecule has 0 unspecified atom stereocenters. The summed E-state index contributed by atoms with van der Waals surface area (Å²) in [7, 11) is 0. The summed E-state index contributed by atoms with van der Waals surface area (Å²) in [4.78, 5) is 18.1. The van der Waals surface area contributed by atoms with E-state index in [1.807, 2.05) is 60.7 Å². The Morgan fingerprint density at radius 2 is 1.52 bits per heavy atom. The minimum absolute atomic E-state index is 0.0860. The first-order valence-electron chi connectivity index (χ1n) is 10.1. The highest BCUT2D eigenvalue weighted by molar-refractivity contribution is 6.30. The molecule has 0 fully saturated rings. The summed E-state index contributed by atoms with van der Waals surface area (Å²) in [6.45, 7) is 0.715. The summed E-state index contributed by atoms with van der Waals surface area (Å²) in [6.07, 6.45) is 0. The van der Waals surface area contributed by atoms with Gasteiger partial charge in [-0.3, -0.25) is 9.36 Å². The van der Waals surface area contributed by atoms with Gasteiger partial charge in [0.25, 0.3) is 5.56 Å². The Balaban J connectivity index is 1.52. The van der Waals surface area contributed by atoms with Gasteiger partial charge in [-0.15, -0.1) is 0 Å². The molecule has 0 atom stereocenters. The number of para-hydroxylation sites is 1. The van der Waals surface area contributed by atoms with E-state index in [1.165, 1.54) is 0 Å². The number of fused-ring (bicyclic) bond motifs is 2. The first kappa shape index (κ1) is 19.3. The third kappa shape index (κ3) is 3.78. The van der Waals surface area contributed by atoms with E-state index in [0.29, 0.717) is 34.9 Å². The van der Waals surface area contributed by atoms with Crippen molar-refractivity contribution >= 4 is 33.3 Å². The van der Waals surface area contributed by atoms with Gasteiger partial charge in [0.1, 0.15) is 18.2 Å². The highest BCUT2D eigenvalue weighted by Gasteiger charge is 2.13. The molecule has 0 radical (unpaired) electrons. The fourth-order valence-corrected chi connectivity index (χ4v) is 3.89. The van der Waals surface area contributed by atoms with Crippen LogP contribution in [0.5, 0.6) is 5.75 Å². The Bertz CT molecular complexity index is 1440. The van der Waals surface area contributed by atoms with Crippen LogP contribution in [0.15, 0.2) is 95.8 Å². The molecule has 31 heavy (non-hydrogen) atoms. The highest BCUT2D eigenvalue weighted by Crippen LogP contribution is 2.25. The second kappa shape index (κ2) is 8.25. The molecule has 0 amide bonds. The van der Waals surface area contributed by atoms with E-state index in [9.17, 15) is 4.79 Å². The highest BCUT2D eigenvalue weighted by atomic mass is 35.5. The first-order chi connectivity index (χ1) is 15.2. The van der Waals surface area contributed by atoms with Crippen LogP contribution in [-0.4, -0.2) is 16.2 Å². The second-order valence-corrected chi connectivity index (χ2v) is 7.68. The second-order valence-electron chi connectivity index (χ2n) is 7.24. The van der Waals surface area contributed by atoms with Gasteiger partial charge in [-0.25, -0.2) is 4.98 Å². The predicted molar refractivity (Wildman–Crippen MR) is 126 cm³/mol. The van der Waals surface area contributed by atoms with E-state index < -0.39 is 0 Å². The van der Waals surface area contributed by atoms with E-state index in [0.717, 1.165) is 22.1 Å². The van der Waals surface area contributed by atoms with Gasteiger partial charge in [0.05, 0.1) is 17.4 Å². The van der Waals surface area contributed by atoms with Gasteiger partial charge in [0.15, 0.2) is 0 Å². The molecular formula is C26H19ClN2O2. The van der Waals surface area contributed by atoms with Crippen LogP contribution in [0.3, 0.4) is 0 Å². The number of hydrogen-bond donors (Lipinski definition) is 0. The van der Waals surface area contributed by atoms with E-state index in [-0.39, 0.29) is 5.56 Å². The van der Waals surface area contributed by atoms with E-state index in [4.69, 9.17) is 21.3 Å². The largest absolute Gasteiger partial charge is 0.491 e. The van der Waals surface area contributed by atoms with E-state index >= 15 is 0 Å². The van der Waals surface area contributed by atoms with Crippen molar-refractivity contribution in [2.45, 2.75) is 6.54 Å². The Morgan fingerprint density at radius 1 is 0.806 bits per heavy atom. The topological polar surface area (TPSA) is 44.1 Å². The average molecular weight is 427 g/mol. The molecule has 1 heterocycles. The minimum Gasteiger partial charge on any atom is -0.491 e. The molecule has 152 valence electrons. The van der Waals surface area contributed by atoms with Crippen molar-refractivity contribution in [1.29, 1.82) is 0 Å². The molecule has 5 rings (SSSR count). The standard InChI is InChI=1S/C26H19ClN2O2/c27-20-14-12-19(13-15-20)25-28-23-10-4-3-9-22(23)26(30)29(25)16-17-31-24-11-5-7-18-6-1-2-8-21(18)24/h1-15H,16-17H2. The van der Waals surface area contributed by atoms with Crippen molar-refractivity contribution in [2.24, 2.45) is 0 Å². The lowest BCUT2D eigenvalue weighted by Crippen LogP contribution is -2.26. The molecule has 5 heteroatoms. The van der Waals surface area contributed by atoms with Crippen molar-refractivity contribution < 1.29 is 4.74 Å². The fourth-order valence-electron chi connectivity index (χ4n) is 3.76. The van der Waals surface area contributed by atoms with Crippen molar-refractivity contribution in [3.05, 3.63) is 106 Å². The smallest absolute Gasteiger partial charge is 0.261 e. The first-order valence-corrected chi connectivity index (χ1v) is 10.4. The molecule has 0 N–H and O–H groups in total. The summed E-state index contributed by atoms with van der Waals surface area (Å²) in [6, 6.07) is 28.8. The number of aromatic nitrogens is 2. The van der Waals surface area contributed by atoms with Gasteiger partial charge < -0.3 is 4.74 Å². The Labute approximate surface area is 184 Å². The van der Waals surface area contributed by atoms with Crippen LogP contribution >= 0.6 is 11.6 Å². The van der Waals surface area contributed by atoms with Gasteiger partial charge in [-0.1, -0.05) is 60.1 Å². The fraction of sp³-hybridized carbons (Fsp3) is 0.0769. The summed E-state index contributed by atoms with van der Waals surface area (Å²) >= 11 is 6.06. The molecule has 5 aromatic rings. The Kier molecular flexibility index (Phi) is 5.14. The van der Waals surface area contributed by atoms with Crippen LogP contribution in [0, 0.1) is 0 Å². The van der Waals surface area contributed by atoms with Crippen molar-refractivity contribution in [3.63, 3.8) is 0 Å². The molecular weight excluding hydrogens is 408 g/mol. The normalized spacial score (nSPS) is 11.1. The maximum atomic E-state index is 13.3. The molecule has 0 saturated heterocycles. The van der Waals surface area contributed by atoms with Crippen LogP contribution in [0.1, 0.15) is 0 Å². The molecule has 4 nitrogen and oxygen atoms in total. The number of benzene rings is 4. The van der Waals surface area contributed by atoms with E-state index in [2.05, 4.69) is 12.1 Å². The third-order valence-electron chi connectivity index (χ3n) is 5.29. The zero-order valence-corrected chi connectivity index (χ0v) is 17.4. The van der Waals surface area contributed by atoms with Crippen LogP contribution in [0.25, 0.3) is 33.1 Å². The third-order valence-corrected chi connectivity index (χ3v) is 5.54.